The van der Waals surface area contributed by atoms with Crippen molar-refractivity contribution in [3.63, 3.8) is 0 Å². The minimum Gasteiger partial charge on any atom is -0.478 e. The van der Waals surface area contributed by atoms with E-state index in [9.17, 15) is 4.79 Å². The average molecular weight is 182 g/mol. The molecule has 0 aliphatic rings. The molecule has 0 saturated carbocycles. The van der Waals surface area contributed by atoms with Crippen molar-refractivity contribution in [3.8, 4) is 5.75 Å². The molecule has 0 aromatic heterocycles. The van der Waals surface area contributed by atoms with Crippen LogP contribution in [-0.2, 0) is 0 Å². The van der Waals surface area contributed by atoms with Crippen LogP contribution in [0.25, 0.3) is 0 Å². The molecule has 0 heterocycles. The third-order valence-corrected chi connectivity index (χ3v) is 1.65. The van der Waals surface area contributed by atoms with Gasteiger partial charge in [0.05, 0.1) is 0 Å². The Labute approximate surface area is 75.4 Å². The molecule has 70 valence electrons. The summed E-state index contributed by atoms with van der Waals surface area (Å²) in [6, 6.07) is 4.78. The first-order valence-corrected chi connectivity index (χ1v) is 3.73. The van der Waals surface area contributed by atoms with Crippen LogP contribution in [0.4, 0.5) is 0 Å². The zero-order chi connectivity index (χ0) is 9.84. The Morgan fingerprint density at radius 1 is 1.54 bits per heavy atom. The summed E-state index contributed by atoms with van der Waals surface area (Å²) >= 11 is 0. The number of ether oxygens (including phenoxy) is 1. The highest BCUT2D eigenvalue weighted by molar-refractivity contribution is 5.91. The standard InChI is InChI=1S/C9H10O4/c1-6-3-2-4-7(9(11)12)8(6)13-5-10/h2-4,10H,5H2,1H3,(H,11,12). The van der Waals surface area contributed by atoms with E-state index < -0.39 is 12.8 Å². The molecule has 1 aromatic rings. The molecule has 0 atom stereocenters. The Hall–Kier alpha value is -1.55. The van der Waals surface area contributed by atoms with Crippen molar-refractivity contribution in [1.82, 2.24) is 0 Å². The second-order valence-electron chi connectivity index (χ2n) is 2.53. The van der Waals surface area contributed by atoms with Gasteiger partial charge in [0.1, 0.15) is 11.3 Å². The number of carboxylic acids is 1. The van der Waals surface area contributed by atoms with Crippen LogP contribution in [0.15, 0.2) is 18.2 Å². The predicted octanol–water partition coefficient (Wildman–Crippen LogP) is 1.02. The van der Waals surface area contributed by atoms with Gasteiger partial charge in [-0.1, -0.05) is 12.1 Å². The van der Waals surface area contributed by atoms with Crippen LogP contribution in [0.5, 0.6) is 5.75 Å². The fourth-order valence-electron chi connectivity index (χ4n) is 1.08. The van der Waals surface area contributed by atoms with Gasteiger partial charge in [-0.05, 0) is 18.6 Å². The van der Waals surface area contributed by atoms with Crippen LogP contribution in [0, 0.1) is 6.92 Å². The number of aryl methyl sites for hydroxylation is 1. The first-order valence-electron chi connectivity index (χ1n) is 3.73. The van der Waals surface area contributed by atoms with Crippen molar-refractivity contribution >= 4 is 5.97 Å². The number of hydrogen-bond acceptors (Lipinski definition) is 3. The van der Waals surface area contributed by atoms with Crippen molar-refractivity contribution in [3.05, 3.63) is 29.3 Å². The Bertz CT molecular complexity index is 319. The maximum absolute atomic E-state index is 10.7. The molecule has 4 heteroatoms. The van der Waals surface area contributed by atoms with Gasteiger partial charge in [-0.2, -0.15) is 0 Å². The molecule has 0 fully saturated rings. The van der Waals surface area contributed by atoms with Crippen LogP contribution >= 0.6 is 0 Å². The third-order valence-electron chi connectivity index (χ3n) is 1.65. The molecule has 0 unspecified atom stereocenters. The minimum absolute atomic E-state index is 0.0639. The Morgan fingerprint density at radius 2 is 2.23 bits per heavy atom. The number of aromatic carboxylic acids is 1. The Morgan fingerprint density at radius 3 is 2.77 bits per heavy atom. The van der Waals surface area contributed by atoms with Crippen LogP contribution < -0.4 is 4.74 Å². The van der Waals surface area contributed by atoms with Crippen molar-refractivity contribution in [2.75, 3.05) is 6.79 Å². The molecule has 0 saturated heterocycles. The first-order chi connectivity index (χ1) is 6.16. The van der Waals surface area contributed by atoms with Crippen molar-refractivity contribution in [2.45, 2.75) is 6.92 Å². The summed E-state index contributed by atoms with van der Waals surface area (Å²) in [5.74, 6) is -0.843. The van der Waals surface area contributed by atoms with Gasteiger partial charge in [0.25, 0.3) is 0 Å². The molecule has 4 nitrogen and oxygen atoms in total. The molecule has 13 heavy (non-hydrogen) atoms. The lowest BCUT2D eigenvalue weighted by Gasteiger charge is -2.08. The number of rotatable bonds is 3. The molecule has 0 aliphatic heterocycles. The van der Waals surface area contributed by atoms with Gasteiger partial charge >= 0.3 is 5.97 Å². The number of aliphatic hydroxyl groups is 1. The largest absolute Gasteiger partial charge is 0.478 e. The van der Waals surface area contributed by atoms with E-state index >= 15 is 0 Å². The quantitative estimate of drug-likeness (QED) is 0.685. The normalized spacial score (nSPS) is 9.69. The number of aliphatic hydroxyl groups excluding tert-OH is 1. The van der Waals surface area contributed by atoms with Crippen LogP contribution in [0.3, 0.4) is 0 Å². The van der Waals surface area contributed by atoms with Gasteiger partial charge in [-0.3, -0.25) is 0 Å². The smallest absolute Gasteiger partial charge is 0.339 e. The zero-order valence-electron chi connectivity index (χ0n) is 7.15. The molecular formula is C9H10O4. The monoisotopic (exact) mass is 182 g/mol. The zero-order valence-corrected chi connectivity index (χ0v) is 7.15. The van der Waals surface area contributed by atoms with E-state index in [0.29, 0.717) is 5.56 Å². The lowest BCUT2D eigenvalue weighted by molar-refractivity contribution is 0.0673. The van der Waals surface area contributed by atoms with Gasteiger partial charge in [-0.15, -0.1) is 0 Å². The molecule has 0 aliphatic carbocycles. The van der Waals surface area contributed by atoms with Gasteiger partial charge < -0.3 is 14.9 Å². The summed E-state index contributed by atoms with van der Waals surface area (Å²) in [4.78, 5) is 10.7. The highest BCUT2D eigenvalue weighted by Gasteiger charge is 2.12. The highest BCUT2D eigenvalue weighted by Crippen LogP contribution is 2.22. The van der Waals surface area contributed by atoms with Crippen molar-refractivity contribution in [2.24, 2.45) is 0 Å². The number of hydrogen-bond donors (Lipinski definition) is 2. The number of benzene rings is 1. The fraction of sp³-hybridized carbons (Fsp3) is 0.222. The molecule has 0 bridgehead atoms. The highest BCUT2D eigenvalue weighted by atomic mass is 16.6. The van der Waals surface area contributed by atoms with Gasteiger partial charge in [0, 0.05) is 0 Å². The van der Waals surface area contributed by atoms with E-state index in [1.54, 1.807) is 19.1 Å². The molecule has 2 N–H and O–H groups in total. The lowest BCUT2D eigenvalue weighted by atomic mass is 10.1. The number of carboxylic acid groups (broad SMARTS) is 1. The molecule has 0 spiro atoms. The van der Waals surface area contributed by atoms with Gasteiger partial charge in [0.2, 0.25) is 0 Å². The summed E-state index contributed by atoms with van der Waals surface area (Å²) in [6.07, 6.45) is 0. The predicted molar refractivity (Wildman–Crippen MR) is 45.9 cm³/mol. The van der Waals surface area contributed by atoms with Crippen LogP contribution in [-0.4, -0.2) is 23.0 Å². The summed E-state index contributed by atoms with van der Waals surface area (Å²) < 4.78 is 4.80. The Kier molecular flexibility index (Phi) is 2.87. The van der Waals surface area contributed by atoms with E-state index in [2.05, 4.69) is 0 Å². The molecule has 0 amide bonds. The van der Waals surface area contributed by atoms with Crippen LogP contribution in [0.2, 0.25) is 0 Å². The SMILES string of the molecule is Cc1cccc(C(=O)O)c1OCO. The maximum Gasteiger partial charge on any atom is 0.339 e. The average Bonchev–Trinajstić information content (AvgIpc) is 2.08. The summed E-state index contributed by atoms with van der Waals surface area (Å²) in [5.41, 5.74) is 0.753. The van der Waals surface area contributed by atoms with E-state index in [4.69, 9.17) is 14.9 Å². The third kappa shape index (κ3) is 1.97. The molecule has 1 rings (SSSR count). The maximum atomic E-state index is 10.7. The van der Waals surface area contributed by atoms with Crippen molar-refractivity contribution < 1.29 is 19.7 Å². The summed E-state index contributed by atoms with van der Waals surface area (Å²) in [5, 5.41) is 17.3. The van der Waals surface area contributed by atoms with Crippen molar-refractivity contribution in [1.29, 1.82) is 0 Å². The number of para-hydroxylation sites is 1. The lowest BCUT2D eigenvalue weighted by Crippen LogP contribution is -2.05. The summed E-state index contributed by atoms with van der Waals surface area (Å²) in [7, 11) is 0. The van der Waals surface area contributed by atoms with Crippen LogP contribution in [0.1, 0.15) is 15.9 Å². The van der Waals surface area contributed by atoms with E-state index in [0.717, 1.165) is 0 Å². The Balaban J connectivity index is 3.17. The van der Waals surface area contributed by atoms with E-state index in [-0.39, 0.29) is 11.3 Å². The second kappa shape index (κ2) is 3.91. The van der Waals surface area contributed by atoms with Gasteiger partial charge in [-0.25, -0.2) is 4.79 Å². The topological polar surface area (TPSA) is 66.8 Å². The molecule has 1 aromatic carbocycles. The first kappa shape index (κ1) is 9.54. The van der Waals surface area contributed by atoms with E-state index in [1.807, 2.05) is 0 Å². The van der Waals surface area contributed by atoms with E-state index in [1.165, 1.54) is 6.07 Å². The molecule has 0 radical (unpaired) electrons. The minimum atomic E-state index is -1.06. The fourth-order valence-corrected chi connectivity index (χ4v) is 1.08. The number of carbonyl (C=O) groups is 1. The van der Waals surface area contributed by atoms with Gasteiger partial charge in [0.15, 0.2) is 6.79 Å². The summed E-state index contributed by atoms with van der Waals surface area (Å²) in [6.45, 7) is 1.20. The second-order valence-corrected chi connectivity index (χ2v) is 2.53. The molecular weight excluding hydrogens is 172 g/mol.